The second kappa shape index (κ2) is 8.63. The number of hydrogen-bond donors (Lipinski definition) is 2. The molecule has 0 aromatic heterocycles. The fraction of sp³-hybridized carbons (Fsp3) is 0.478. The minimum atomic E-state index is -0.625. The summed E-state index contributed by atoms with van der Waals surface area (Å²) in [5.41, 5.74) is 1.19. The smallest absolute Gasteiger partial charge is 0.161 e. The number of hydrogen-bond acceptors (Lipinski definition) is 6. The van der Waals surface area contributed by atoms with Gasteiger partial charge in [0.05, 0.1) is 26.4 Å². The van der Waals surface area contributed by atoms with Gasteiger partial charge in [-0.3, -0.25) is 0 Å². The Morgan fingerprint density at radius 2 is 1.87 bits per heavy atom. The average molecular weight is 434 g/mol. The van der Waals surface area contributed by atoms with Crippen molar-refractivity contribution in [3.8, 4) is 17.2 Å². The Morgan fingerprint density at radius 3 is 2.57 bits per heavy atom. The number of aliphatic hydroxyl groups is 2. The largest absolute Gasteiger partial charge is 0.493 e. The van der Waals surface area contributed by atoms with Crippen LogP contribution in [0.5, 0.6) is 17.2 Å². The van der Waals surface area contributed by atoms with Crippen molar-refractivity contribution in [2.75, 3.05) is 33.9 Å². The lowest BCUT2D eigenvalue weighted by molar-refractivity contribution is -0.0587. The van der Waals surface area contributed by atoms with E-state index >= 15 is 0 Å². The first-order valence-electron chi connectivity index (χ1n) is 10.2. The molecule has 0 amide bonds. The number of fused-ring (bicyclic) bond motifs is 1. The highest BCUT2D eigenvalue weighted by molar-refractivity contribution is 6.30. The molecule has 0 radical (unpaired) electrons. The lowest BCUT2D eigenvalue weighted by atomic mass is 9.81. The SMILES string of the molecule is COc1ccc([C@H](O)CN2CCC3(CC2)C[C@H](O)c2cc(Cl)ccc2O3)cc1OC. The third kappa shape index (κ3) is 4.23. The predicted molar refractivity (Wildman–Crippen MR) is 115 cm³/mol. The van der Waals surface area contributed by atoms with Gasteiger partial charge in [-0.2, -0.15) is 0 Å². The van der Waals surface area contributed by atoms with Crippen LogP contribution in [-0.2, 0) is 0 Å². The Bertz CT molecular complexity index is 897. The fourth-order valence-corrected chi connectivity index (χ4v) is 4.65. The van der Waals surface area contributed by atoms with Gasteiger partial charge in [-0.15, -0.1) is 0 Å². The number of benzene rings is 2. The van der Waals surface area contributed by atoms with Gasteiger partial charge < -0.3 is 29.3 Å². The lowest BCUT2D eigenvalue weighted by Gasteiger charge is -2.46. The van der Waals surface area contributed by atoms with Crippen LogP contribution >= 0.6 is 11.6 Å². The summed E-state index contributed by atoms with van der Waals surface area (Å²) in [4.78, 5) is 2.24. The summed E-state index contributed by atoms with van der Waals surface area (Å²) < 4.78 is 16.9. The Morgan fingerprint density at radius 1 is 1.13 bits per heavy atom. The van der Waals surface area contributed by atoms with Crippen LogP contribution in [-0.4, -0.2) is 54.6 Å². The normalized spacial score (nSPS) is 21.6. The van der Waals surface area contributed by atoms with Crippen LogP contribution in [0.15, 0.2) is 36.4 Å². The van der Waals surface area contributed by atoms with Gasteiger partial charge in [0.25, 0.3) is 0 Å². The van der Waals surface area contributed by atoms with Crippen molar-refractivity contribution in [3.63, 3.8) is 0 Å². The Hall–Kier alpha value is -1.99. The summed E-state index contributed by atoms with van der Waals surface area (Å²) in [6, 6.07) is 10.9. The molecule has 2 aromatic rings. The number of piperidine rings is 1. The Balaban J connectivity index is 1.39. The highest BCUT2D eigenvalue weighted by atomic mass is 35.5. The van der Waals surface area contributed by atoms with E-state index in [0.29, 0.717) is 29.5 Å². The lowest BCUT2D eigenvalue weighted by Crippen LogP contribution is -2.51. The predicted octanol–water partition coefficient (Wildman–Crippen LogP) is 3.74. The molecule has 2 aliphatic rings. The molecular formula is C23H28ClNO5. The van der Waals surface area contributed by atoms with Crippen LogP contribution in [0.2, 0.25) is 5.02 Å². The summed E-state index contributed by atoms with van der Waals surface area (Å²) in [6.07, 6.45) is 0.957. The van der Waals surface area contributed by atoms with Crippen molar-refractivity contribution in [2.24, 2.45) is 0 Å². The van der Waals surface area contributed by atoms with Gasteiger partial charge in [0, 0.05) is 36.6 Å². The maximum atomic E-state index is 10.7. The first-order chi connectivity index (χ1) is 14.4. The molecular weight excluding hydrogens is 406 g/mol. The number of β-amino-alcohol motifs (C(OH)–C–C–N with tert-alkyl or cyclic N) is 1. The zero-order valence-electron chi connectivity index (χ0n) is 17.3. The van der Waals surface area contributed by atoms with Gasteiger partial charge in [-0.25, -0.2) is 0 Å². The molecule has 6 nitrogen and oxygen atoms in total. The summed E-state index contributed by atoms with van der Waals surface area (Å²) in [5, 5.41) is 22.0. The molecule has 2 atom stereocenters. The number of likely N-dealkylation sites (tertiary alicyclic amines) is 1. The van der Waals surface area contributed by atoms with Crippen molar-refractivity contribution < 1.29 is 24.4 Å². The number of halogens is 1. The van der Waals surface area contributed by atoms with Crippen LogP contribution in [0.1, 0.15) is 42.6 Å². The molecule has 30 heavy (non-hydrogen) atoms. The molecule has 7 heteroatoms. The molecule has 162 valence electrons. The number of rotatable bonds is 5. The number of aliphatic hydroxyl groups excluding tert-OH is 2. The molecule has 2 heterocycles. The van der Waals surface area contributed by atoms with Crippen LogP contribution < -0.4 is 14.2 Å². The highest BCUT2D eigenvalue weighted by Gasteiger charge is 2.43. The standard InChI is InChI=1S/C23H28ClNO5/c1-28-21-5-3-15(11-22(21)29-2)19(27)14-25-9-7-23(8-10-25)13-18(26)17-12-16(24)4-6-20(17)30-23/h3-6,11-12,18-19,26-27H,7-10,13-14H2,1-2H3/t18-,19+/m0/s1. The van der Waals surface area contributed by atoms with Gasteiger partial charge in [-0.1, -0.05) is 17.7 Å². The molecule has 0 saturated carbocycles. The summed E-state index contributed by atoms with van der Waals surface area (Å²) in [5.74, 6) is 1.97. The molecule has 0 bridgehead atoms. The van der Waals surface area contributed by atoms with E-state index in [4.69, 9.17) is 25.8 Å². The minimum Gasteiger partial charge on any atom is -0.493 e. The Labute approximate surface area is 181 Å². The topological polar surface area (TPSA) is 71.4 Å². The minimum absolute atomic E-state index is 0.370. The van der Waals surface area contributed by atoms with Crippen molar-refractivity contribution in [2.45, 2.75) is 37.1 Å². The van der Waals surface area contributed by atoms with E-state index in [1.165, 1.54) is 0 Å². The molecule has 1 saturated heterocycles. The number of methoxy groups -OCH3 is 2. The monoisotopic (exact) mass is 433 g/mol. The molecule has 2 aliphatic heterocycles. The van der Waals surface area contributed by atoms with Crippen LogP contribution in [0.3, 0.4) is 0 Å². The van der Waals surface area contributed by atoms with Crippen molar-refractivity contribution >= 4 is 11.6 Å². The number of nitrogens with zero attached hydrogens (tertiary/aromatic N) is 1. The molecule has 2 N–H and O–H groups in total. The van der Waals surface area contributed by atoms with Crippen molar-refractivity contribution in [1.82, 2.24) is 4.90 Å². The van der Waals surface area contributed by atoms with Gasteiger partial charge in [0.15, 0.2) is 11.5 Å². The molecule has 1 spiro atoms. The fourth-order valence-electron chi connectivity index (χ4n) is 4.47. The quantitative estimate of drug-likeness (QED) is 0.748. The van der Waals surface area contributed by atoms with E-state index in [2.05, 4.69) is 4.90 Å². The third-order valence-electron chi connectivity index (χ3n) is 6.21. The van der Waals surface area contributed by atoms with Gasteiger partial charge in [0.2, 0.25) is 0 Å². The van der Waals surface area contributed by atoms with Gasteiger partial charge >= 0.3 is 0 Å². The molecule has 0 unspecified atom stereocenters. The van der Waals surface area contributed by atoms with Crippen LogP contribution in [0.4, 0.5) is 0 Å². The van der Waals surface area contributed by atoms with E-state index in [-0.39, 0.29) is 5.60 Å². The molecule has 4 rings (SSSR count). The van der Waals surface area contributed by atoms with E-state index in [1.807, 2.05) is 24.3 Å². The summed E-state index contributed by atoms with van der Waals surface area (Å²) >= 11 is 6.06. The maximum Gasteiger partial charge on any atom is 0.161 e. The van der Waals surface area contributed by atoms with E-state index in [1.54, 1.807) is 26.4 Å². The summed E-state index contributed by atoms with van der Waals surface area (Å²) in [6.45, 7) is 2.11. The number of ether oxygens (including phenoxy) is 3. The summed E-state index contributed by atoms with van der Waals surface area (Å²) in [7, 11) is 3.18. The molecule has 2 aromatic carbocycles. The van der Waals surface area contributed by atoms with Crippen LogP contribution in [0.25, 0.3) is 0 Å². The third-order valence-corrected chi connectivity index (χ3v) is 6.45. The molecule has 1 fully saturated rings. The second-order valence-electron chi connectivity index (χ2n) is 8.12. The maximum absolute atomic E-state index is 10.7. The highest BCUT2D eigenvalue weighted by Crippen LogP contribution is 2.45. The van der Waals surface area contributed by atoms with E-state index in [0.717, 1.165) is 42.8 Å². The first-order valence-corrected chi connectivity index (χ1v) is 10.6. The average Bonchev–Trinajstić information content (AvgIpc) is 2.75. The van der Waals surface area contributed by atoms with E-state index in [9.17, 15) is 10.2 Å². The van der Waals surface area contributed by atoms with Crippen LogP contribution in [0, 0.1) is 0 Å². The van der Waals surface area contributed by atoms with Gasteiger partial charge in [-0.05, 0) is 48.7 Å². The van der Waals surface area contributed by atoms with E-state index < -0.39 is 12.2 Å². The zero-order valence-corrected chi connectivity index (χ0v) is 18.1. The Kier molecular flexibility index (Phi) is 6.11. The van der Waals surface area contributed by atoms with Crippen molar-refractivity contribution in [1.29, 1.82) is 0 Å². The zero-order chi connectivity index (χ0) is 21.3. The van der Waals surface area contributed by atoms with Crippen molar-refractivity contribution in [3.05, 3.63) is 52.5 Å². The second-order valence-corrected chi connectivity index (χ2v) is 8.55. The molecule has 0 aliphatic carbocycles. The first kappa shape index (κ1) is 21.2. The van der Waals surface area contributed by atoms with Gasteiger partial charge in [0.1, 0.15) is 11.4 Å².